The molecule has 1 aliphatic heterocycles. The summed E-state index contributed by atoms with van der Waals surface area (Å²) < 4.78 is 6.37. The summed E-state index contributed by atoms with van der Waals surface area (Å²) in [6, 6.07) is 6.01. The molecule has 4 nitrogen and oxygen atoms in total. The van der Waals surface area contributed by atoms with E-state index in [1.165, 1.54) is 0 Å². The van der Waals surface area contributed by atoms with Gasteiger partial charge in [0.05, 0.1) is 15.2 Å². The number of likely N-dealkylation sites (tertiary alicyclic amines) is 1. The molecule has 0 saturated carbocycles. The van der Waals surface area contributed by atoms with Gasteiger partial charge < -0.3 is 15.0 Å². The molecule has 0 spiro atoms. The minimum absolute atomic E-state index is 0.219. The average molecular weight is 418 g/mol. The number of carbonyl (C=O) groups is 1. The number of carbonyl (C=O) groups excluding carboxylic acids is 1. The van der Waals surface area contributed by atoms with Gasteiger partial charge >= 0.3 is 6.09 Å². The summed E-state index contributed by atoms with van der Waals surface area (Å²) in [7, 11) is 0. The molecular weight excluding hydrogens is 392 g/mol. The Morgan fingerprint density at radius 1 is 1.46 bits per heavy atom. The van der Waals surface area contributed by atoms with Crippen LogP contribution in [0.3, 0.4) is 0 Å². The Morgan fingerprint density at radius 3 is 2.83 bits per heavy atom. The molecule has 134 valence electrons. The number of ether oxygens (including phenoxy) is 1. The van der Waals surface area contributed by atoms with E-state index in [1.807, 2.05) is 43.9 Å². The smallest absolute Gasteiger partial charge is 0.410 e. The number of nitrogens with zero attached hydrogens (tertiary/aromatic N) is 1. The first-order valence-electron chi connectivity index (χ1n) is 8.36. The van der Waals surface area contributed by atoms with Crippen LogP contribution in [0.15, 0.2) is 22.7 Å². The number of piperidine rings is 1. The van der Waals surface area contributed by atoms with E-state index in [4.69, 9.17) is 16.3 Å². The zero-order valence-electron chi connectivity index (χ0n) is 14.7. The first-order valence-corrected chi connectivity index (χ1v) is 9.53. The van der Waals surface area contributed by atoms with Gasteiger partial charge in [0, 0.05) is 19.1 Å². The number of halogens is 2. The minimum Gasteiger partial charge on any atom is -0.444 e. The highest BCUT2D eigenvalue weighted by molar-refractivity contribution is 9.10. The van der Waals surface area contributed by atoms with Gasteiger partial charge in [0.2, 0.25) is 0 Å². The Morgan fingerprint density at radius 2 is 2.17 bits per heavy atom. The molecule has 0 bridgehead atoms. The van der Waals surface area contributed by atoms with Crippen molar-refractivity contribution in [2.45, 2.75) is 52.2 Å². The number of hydrogen-bond donors (Lipinski definition) is 1. The van der Waals surface area contributed by atoms with Crippen molar-refractivity contribution < 1.29 is 9.53 Å². The van der Waals surface area contributed by atoms with Gasteiger partial charge in [-0.3, -0.25) is 0 Å². The monoisotopic (exact) mass is 416 g/mol. The third-order valence-corrected chi connectivity index (χ3v) is 5.55. The Hall–Kier alpha value is -0.940. The van der Waals surface area contributed by atoms with Crippen molar-refractivity contribution >= 4 is 39.3 Å². The van der Waals surface area contributed by atoms with Crippen molar-refractivity contribution in [3.05, 3.63) is 27.7 Å². The number of nitrogens with one attached hydrogen (secondary N) is 1. The van der Waals surface area contributed by atoms with E-state index in [0.717, 1.165) is 29.5 Å². The van der Waals surface area contributed by atoms with E-state index >= 15 is 0 Å². The van der Waals surface area contributed by atoms with Gasteiger partial charge in [-0.15, -0.1) is 0 Å². The van der Waals surface area contributed by atoms with Crippen LogP contribution < -0.4 is 5.32 Å². The van der Waals surface area contributed by atoms with Crippen molar-refractivity contribution in [3.8, 4) is 0 Å². The fourth-order valence-electron chi connectivity index (χ4n) is 2.89. The van der Waals surface area contributed by atoms with Crippen molar-refractivity contribution in [2.24, 2.45) is 5.92 Å². The molecule has 1 aliphatic rings. The molecule has 1 heterocycles. The molecule has 2 rings (SSSR count). The summed E-state index contributed by atoms with van der Waals surface area (Å²) in [6.45, 7) is 9.31. The second kappa shape index (κ2) is 7.96. The maximum Gasteiger partial charge on any atom is 0.410 e. The average Bonchev–Trinajstić information content (AvgIpc) is 2.50. The van der Waals surface area contributed by atoms with Crippen LogP contribution in [0.2, 0.25) is 5.02 Å². The predicted octanol–water partition coefficient (Wildman–Crippen LogP) is 5.55. The quantitative estimate of drug-likeness (QED) is 0.701. The van der Waals surface area contributed by atoms with E-state index in [9.17, 15) is 4.79 Å². The van der Waals surface area contributed by atoms with Crippen LogP contribution in [0.5, 0.6) is 0 Å². The zero-order valence-corrected chi connectivity index (χ0v) is 17.1. The number of anilines is 1. The Bertz CT molecular complexity index is 589. The first kappa shape index (κ1) is 19.4. The van der Waals surface area contributed by atoms with Crippen molar-refractivity contribution in [2.75, 3.05) is 18.4 Å². The van der Waals surface area contributed by atoms with Gasteiger partial charge in [0.1, 0.15) is 5.60 Å². The van der Waals surface area contributed by atoms with Gasteiger partial charge in [0.15, 0.2) is 0 Å². The lowest BCUT2D eigenvalue weighted by molar-refractivity contribution is 0.0159. The Labute approximate surface area is 158 Å². The largest absolute Gasteiger partial charge is 0.444 e. The third kappa shape index (κ3) is 5.28. The summed E-state index contributed by atoms with van der Waals surface area (Å²) in [5.74, 6) is 0.372. The first-order chi connectivity index (χ1) is 11.2. The predicted molar refractivity (Wildman–Crippen MR) is 103 cm³/mol. The van der Waals surface area contributed by atoms with Gasteiger partial charge in [-0.2, -0.15) is 0 Å². The van der Waals surface area contributed by atoms with Crippen LogP contribution in [0, 0.1) is 5.92 Å². The van der Waals surface area contributed by atoms with E-state index < -0.39 is 5.60 Å². The second-order valence-electron chi connectivity index (χ2n) is 7.36. The fraction of sp³-hybridized carbons (Fsp3) is 0.611. The number of benzene rings is 1. The molecule has 0 aliphatic carbocycles. The second-order valence-corrected chi connectivity index (χ2v) is 8.56. The Kier molecular flexibility index (Phi) is 6.43. The van der Waals surface area contributed by atoms with Crippen molar-refractivity contribution in [3.63, 3.8) is 0 Å². The lowest BCUT2D eigenvalue weighted by atomic mass is 9.91. The van der Waals surface area contributed by atoms with Gasteiger partial charge in [-0.25, -0.2) is 4.79 Å². The van der Waals surface area contributed by atoms with Crippen LogP contribution >= 0.6 is 27.5 Å². The fourth-order valence-corrected chi connectivity index (χ4v) is 3.44. The lowest BCUT2D eigenvalue weighted by Gasteiger charge is -2.37. The maximum atomic E-state index is 12.3. The summed E-state index contributed by atoms with van der Waals surface area (Å²) in [6.07, 6.45) is 1.86. The number of rotatable bonds is 3. The molecule has 2 atom stereocenters. The highest BCUT2D eigenvalue weighted by Crippen LogP contribution is 2.32. The molecule has 24 heavy (non-hydrogen) atoms. The Balaban J connectivity index is 1.98. The summed E-state index contributed by atoms with van der Waals surface area (Å²) >= 11 is 9.67. The number of amides is 1. The van der Waals surface area contributed by atoms with E-state index in [-0.39, 0.29) is 12.1 Å². The molecule has 2 unspecified atom stereocenters. The molecule has 1 N–H and O–H groups in total. The van der Waals surface area contributed by atoms with Crippen LogP contribution in [-0.2, 0) is 4.74 Å². The molecule has 1 fully saturated rings. The van der Waals surface area contributed by atoms with Crippen LogP contribution in [0.1, 0.15) is 40.5 Å². The van der Waals surface area contributed by atoms with Gasteiger partial charge in [0.25, 0.3) is 0 Å². The zero-order chi connectivity index (χ0) is 17.9. The van der Waals surface area contributed by atoms with Gasteiger partial charge in [-0.05, 0) is 74.5 Å². The van der Waals surface area contributed by atoms with Crippen molar-refractivity contribution in [1.29, 1.82) is 0 Å². The normalized spacial score (nSPS) is 19.8. The van der Waals surface area contributed by atoms with Crippen LogP contribution in [-0.4, -0.2) is 35.7 Å². The summed E-state index contributed by atoms with van der Waals surface area (Å²) in [5.41, 5.74) is 0.518. The van der Waals surface area contributed by atoms with Crippen LogP contribution in [0.25, 0.3) is 0 Å². The summed E-state index contributed by atoms with van der Waals surface area (Å²) in [5, 5.41) is 4.20. The lowest BCUT2D eigenvalue weighted by Crippen LogP contribution is -2.46. The highest BCUT2D eigenvalue weighted by Gasteiger charge is 2.30. The van der Waals surface area contributed by atoms with E-state index in [1.54, 1.807) is 0 Å². The van der Waals surface area contributed by atoms with Crippen molar-refractivity contribution in [1.82, 2.24) is 4.90 Å². The molecule has 1 amide bonds. The van der Waals surface area contributed by atoms with Crippen LogP contribution in [0.4, 0.5) is 10.5 Å². The molecule has 0 aromatic heterocycles. The highest BCUT2D eigenvalue weighted by atomic mass is 79.9. The standard InChI is InChI=1S/C18H26BrClN2O2/c1-12(21-15-9-5-8-14(20)16(15)19)13-7-6-10-22(11-13)17(23)24-18(2,3)4/h5,8-9,12-13,21H,6-7,10-11H2,1-4H3. The molecule has 0 radical (unpaired) electrons. The molecule has 1 aromatic rings. The third-order valence-electron chi connectivity index (χ3n) is 4.15. The minimum atomic E-state index is -0.459. The SMILES string of the molecule is CC(Nc1cccc(Cl)c1Br)C1CCCN(C(=O)OC(C)(C)C)C1. The summed E-state index contributed by atoms with van der Waals surface area (Å²) in [4.78, 5) is 14.1. The van der Waals surface area contributed by atoms with Gasteiger partial charge in [-0.1, -0.05) is 17.7 Å². The molecule has 1 saturated heterocycles. The topological polar surface area (TPSA) is 41.6 Å². The van der Waals surface area contributed by atoms with E-state index in [0.29, 0.717) is 17.5 Å². The maximum absolute atomic E-state index is 12.3. The molecular formula is C18H26BrClN2O2. The molecule has 1 aromatic carbocycles. The molecule has 6 heteroatoms. The number of hydrogen-bond acceptors (Lipinski definition) is 3. The van der Waals surface area contributed by atoms with E-state index in [2.05, 4.69) is 28.2 Å².